The van der Waals surface area contributed by atoms with Gasteiger partial charge in [-0.15, -0.1) is 0 Å². The van der Waals surface area contributed by atoms with Gasteiger partial charge in [0.2, 0.25) is 0 Å². The molecule has 0 fully saturated rings. The van der Waals surface area contributed by atoms with E-state index in [0.717, 1.165) is 12.0 Å². The van der Waals surface area contributed by atoms with Crippen molar-refractivity contribution in [1.82, 2.24) is 4.98 Å². The second kappa shape index (κ2) is 6.71. The number of ether oxygens (including phenoxy) is 1. The zero-order chi connectivity index (χ0) is 11.8. The van der Waals surface area contributed by atoms with Gasteiger partial charge in [0.15, 0.2) is 0 Å². The van der Waals surface area contributed by atoms with E-state index >= 15 is 0 Å². The third-order valence-electron chi connectivity index (χ3n) is 2.10. The first kappa shape index (κ1) is 12.4. The lowest BCUT2D eigenvalue weighted by Gasteiger charge is -2.03. The molecule has 16 heavy (non-hydrogen) atoms. The van der Waals surface area contributed by atoms with Crippen molar-refractivity contribution >= 4 is 11.7 Å². The maximum absolute atomic E-state index is 11.1. The van der Waals surface area contributed by atoms with Crippen LogP contribution in [-0.4, -0.2) is 23.3 Å². The number of hydrogen-bond donors (Lipinski definition) is 1. The molecule has 4 nitrogen and oxygen atoms in total. The van der Waals surface area contributed by atoms with E-state index in [0.29, 0.717) is 18.7 Å². The molecule has 0 bridgehead atoms. The molecule has 0 aliphatic carbocycles. The Balaban J connectivity index is 2.28. The van der Waals surface area contributed by atoms with Gasteiger partial charge in [-0.25, -0.2) is 0 Å². The van der Waals surface area contributed by atoms with Crippen molar-refractivity contribution in [2.24, 2.45) is 0 Å². The predicted molar refractivity (Wildman–Crippen MR) is 61.5 cm³/mol. The van der Waals surface area contributed by atoms with Gasteiger partial charge >= 0.3 is 5.97 Å². The van der Waals surface area contributed by atoms with Gasteiger partial charge in [-0.2, -0.15) is 0 Å². The Labute approximate surface area is 95.2 Å². The third kappa shape index (κ3) is 4.68. The molecule has 4 heteroatoms. The minimum atomic E-state index is -0.321. The molecule has 0 aromatic carbocycles. The standard InChI is InChI=1S/C12H16N2O2/c1-2-16-12(15)8-11(13)6-5-10-4-3-7-14-9-10/h3-4,7,9,13H,2,5-6,8H2,1H3. The lowest BCUT2D eigenvalue weighted by atomic mass is 10.1. The Morgan fingerprint density at radius 3 is 3.00 bits per heavy atom. The maximum atomic E-state index is 11.1. The average molecular weight is 220 g/mol. The van der Waals surface area contributed by atoms with Crippen molar-refractivity contribution in [3.05, 3.63) is 30.1 Å². The second-order valence-electron chi connectivity index (χ2n) is 3.45. The fraction of sp³-hybridized carbons (Fsp3) is 0.417. The molecular weight excluding hydrogens is 204 g/mol. The highest BCUT2D eigenvalue weighted by Gasteiger charge is 2.06. The second-order valence-corrected chi connectivity index (χ2v) is 3.45. The van der Waals surface area contributed by atoms with E-state index < -0.39 is 0 Å². The van der Waals surface area contributed by atoms with Crippen LogP contribution in [0.2, 0.25) is 0 Å². The Bertz CT molecular complexity index is 349. The van der Waals surface area contributed by atoms with Crippen LogP contribution < -0.4 is 0 Å². The van der Waals surface area contributed by atoms with Gasteiger partial charge in [0.05, 0.1) is 13.0 Å². The molecule has 0 unspecified atom stereocenters. The monoisotopic (exact) mass is 220 g/mol. The predicted octanol–water partition coefficient (Wildman–Crippen LogP) is 1.99. The number of aryl methyl sites for hydroxylation is 1. The van der Waals surface area contributed by atoms with Crippen LogP contribution in [0.25, 0.3) is 0 Å². The highest BCUT2D eigenvalue weighted by molar-refractivity contribution is 5.97. The average Bonchev–Trinajstić information content (AvgIpc) is 2.28. The number of aromatic nitrogens is 1. The molecule has 0 radical (unpaired) electrons. The molecule has 0 atom stereocenters. The highest BCUT2D eigenvalue weighted by atomic mass is 16.5. The van der Waals surface area contributed by atoms with Gasteiger partial charge < -0.3 is 10.1 Å². The number of pyridine rings is 1. The first-order valence-electron chi connectivity index (χ1n) is 5.33. The van der Waals surface area contributed by atoms with Crippen LogP contribution in [0.1, 0.15) is 25.3 Å². The summed E-state index contributed by atoms with van der Waals surface area (Å²) in [6.45, 7) is 2.13. The number of rotatable bonds is 6. The van der Waals surface area contributed by atoms with E-state index in [9.17, 15) is 4.79 Å². The number of hydrogen-bond acceptors (Lipinski definition) is 4. The fourth-order valence-electron chi connectivity index (χ4n) is 1.32. The van der Waals surface area contributed by atoms with Crippen LogP contribution in [0, 0.1) is 5.41 Å². The third-order valence-corrected chi connectivity index (χ3v) is 2.10. The molecular formula is C12H16N2O2. The molecule has 0 saturated heterocycles. The summed E-state index contributed by atoms with van der Waals surface area (Å²) in [6.07, 6.45) is 4.90. The summed E-state index contributed by atoms with van der Waals surface area (Å²) in [7, 11) is 0. The molecule has 1 aromatic rings. The van der Waals surface area contributed by atoms with Crippen LogP contribution in [0.4, 0.5) is 0 Å². The van der Waals surface area contributed by atoms with Crippen molar-refractivity contribution in [1.29, 1.82) is 5.41 Å². The van der Waals surface area contributed by atoms with Crippen molar-refractivity contribution in [2.45, 2.75) is 26.2 Å². The number of nitrogens with one attached hydrogen (secondary N) is 1. The lowest BCUT2D eigenvalue weighted by molar-refractivity contribution is -0.141. The van der Waals surface area contributed by atoms with Crippen LogP contribution in [0.15, 0.2) is 24.5 Å². The molecule has 0 aliphatic rings. The zero-order valence-corrected chi connectivity index (χ0v) is 9.40. The minimum Gasteiger partial charge on any atom is -0.466 e. The molecule has 0 saturated carbocycles. The molecule has 1 rings (SSSR count). The van der Waals surface area contributed by atoms with Crippen molar-refractivity contribution in [2.75, 3.05) is 6.61 Å². The number of nitrogens with zero attached hydrogens (tertiary/aromatic N) is 1. The summed E-state index contributed by atoms with van der Waals surface area (Å²) in [5.74, 6) is -0.321. The van der Waals surface area contributed by atoms with E-state index in [2.05, 4.69) is 4.98 Å². The summed E-state index contributed by atoms with van der Waals surface area (Å²) in [5, 5.41) is 7.63. The maximum Gasteiger partial charge on any atom is 0.311 e. The van der Waals surface area contributed by atoms with Crippen LogP contribution in [0.3, 0.4) is 0 Å². The summed E-state index contributed by atoms with van der Waals surface area (Å²) in [4.78, 5) is 15.1. The minimum absolute atomic E-state index is 0.0914. The zero-order valence-electron chi connectivity index (χ0n) is 9.40. The van der Waals surface area contributed by atoms with Gasteiger partial charge in [-0.05, 0) is 31.4 Å². The molecule has 0 amide bonds. The van der Waals surface area contributed by atoms with Gasteiger partial charge in [0.25, 0.3) is 0 Å². The Morgan fingerprint density at radius 1 is 1.56 bits per heavy atom. The summed E-state index contributed by atoms with van der Waals surface area (Å²) in [6, 6.07) is 3.83. The quantitative estimate of drug-likeness (QED) is 0.589. The van der Waals surface area contributed by atoms with E-state index in [1.807, 2.05) is 12.1 Å². The van der Waals surface area contributed by atoms with Crippen LogP contribution in [0.5, 0.6) is 0 Å². The van der Waals surface area contributed by atoms with Crippen LogP contribution in [-0.2, 0) is 16.0 Å². The smallest absolute Gasteiger partial charge is 0.311 e. The first-order valence-corrected chi connectivity index (χ1v) is 5.33. The van der Waals surface area contributed by atoms with E-state index in [4.69, 9.17) is 10.1 Å². The Morgan fingerprint density at radius 2 is 2.38 bits per heavy atom. The van der Waals surface area contributed by atoms with E-state index in [1.54, 1.807) is 19.3 Å². The number of carbonyl (C=O) groups excluding carboxylic acids is 1. The number of esters is 1. The van der Waals surface area contributed by atoms with Gasteiger partial charge in [-0.3, -0.25) is 9.78 Å². The lowest BCUT2D eigenvalue weighted by Crippen LogP contribution is -2.11. The summed E-state index contributed by atoms with van der Waals surface area (Å²) in [5.41, 5.74) is 1.48. The van der Waals surface area contributed by atoms with Crippen molar-refractivity contribution in [3.8, 4) is 0 Å². The summed E-state index contributed by atoms with van der Waals surface area (Å²) < 4.78 is 4.77. The Kier molecular flexibility index (Phi) is 5.19. The van der Waals surface area contributed by atoms with Crippen molar-refractivity contribution < 1.29 is 9.53 Å². The van der Waals surface area contributed by atoms with E-state index in [1.165, 1.54) is 0 Å². The topological polar surface area (TPSA) is 63.0 Å². The summed E-state index contributed by atoms with van der Waals surface area (Å²) >= 11 is 0. The SMILES string of the molecule is CCOC(=O)CC(=N)CCc1cccnc1. The number of carbonyl (C=O) groups is 1. The largest absolute Gasteiger partial charge is 0.466 e. The van der Waals surface area contributed by atoms with Gasteiger partial charge in [0.1, 0.15) is 0 Å². The first-order chi connectivity index (χ1) is 7.72. The molecule has 0 spiro atoms. The van der Waals surface area contributed by atoms with Crippen LogP contribution >= 0.6 is 0 Å². The Hall–Kier alpha value is -1.71. The van der Waals surface area contributed by atoms with Gasteiger partial charge in [-0.1, -0.05) is 6.07 Å². The van der Waals surface area contributed by atoms with Gasteiger partial charge in [0, 0.05) is 18.1 Å². The molecule has 0 aliphatic heterocycles. The normalized spacial score (nSPS) is 9.81. The fourth-order valence-corrected chi connectivity index (χ4v) is 1.32. The van der Waals surface area contributed by atoms with Crippen molar-refractivity contribution in [3.63, 3.8) is 0 Å². The highest BCUT2D eigenvalue weighted by Crippen LogP contribution is 2.03. The van der Waals surface area contributed by atoms with E-state index in [-0.39, 0.29) is 12.4 Å². The molecule has 1 N–H and O–H groups in total. The molecule has 1 aromatic heterocycles. The molecule has 86 valence electrons. The molecule has 1 heterocycles.